The summed E-state index contributed by atoms with van der Waals surface area (Å²) >= 11 is 1.91. The number of ether oxygens (including phenoxy) is 5. The molecule has 240 valence electrons. The molecule has 0 spiro atoms. The second kappa shape index (κ2) is 21.8. The molecule has 2 fully saturated rings. The van der Waals surface area contributed by atoms with E-state index in [4.69, 9.17) is 28.2 Å². The fourth-order valence-corrected chi connectivity index (χ4v) is 6.54. The van der Waals surface area contributed by atoms with Crippen molar-refractivity contribution in [1.82, 2.24) is 10.6 Å². The van der Waals surface area contributed by atoms with E-state index in [1.54, 1.807) is 0 Å². The number of Topliss-reactive ketones (excluding diaryl/α,β-unsaturated/α-hetero) is 1. The van der Waals surface area contributed by atoms with Crippen LogP contribution < -0.4 is 15.5 Å². The molecule has 13 nitrogen and oxygen atoms in total. The standard InChI is InChI=1S/C26H49N2O11PS/c1-33-17-21(19-39-40(31,32)34-2)18-38-16-15-37-14-13-36-12-11-35-10-6-5-8-22(29)7-3-4-9-24-25-23(20-41-24)27-26(30)28-25/h21,23-25H,3-20H2,1-2H3,(H,31,32)(H2,27,28,30)/p-1. The Hall–Kier alpha value is -0.800. The Balaban J connectivity index is 1.29. The number of phosphoric ester groups is 1. The van der Waals surface area contributed by atoms with Crippen LogP contribution >= 0.6 is 19.6 Å². The predicted molar refractivity (Wildman–Crippen MR) is 152 cm³/mol. The predicted octanol–water partition coefficient (Wildman–Crippen LogP) is 1.91. The first kappa shape index (κ1) is 36.4. The highest BCUT2D eigenvalue weighted by Gasteiger charge is 2.42. The van der Waals surface area contributed by atoms with E-state index < -0.39 is 7.82 Å². The number of thioether (sulfide) groups is 1. The summed E-state index contributed by atoms with van der Waals surface area (Å²) in [5, 5.41) is 6.42. The van der Waals surface area contributed by atoms with E-state index in [0.29, 0.717) is 76.7 Å². The molecule has 0 saturated carbocycles. The van der Waals surface area contributed by atoms with Gasteiger partial charge in [-0.15, -0.1) is 0 Å². The summed E-state index contributed by atoms with van der Waals surface area (Å²) in [7, 11) is -1.71. The molecule has 2 aliphatic heterocycles. The average Bonchev–Trinajstić information content (AvgIpc) is 3.50. The molecule has 0 radical (unpaired) electrons. The number of ketones is 1. The maximum atomic E-state index is 12.1. The van der Waals surface area contributed by atoms with Gasteiger partial charge >= 0.3 is 6.03 Å². The Labute approximate surface area is 248 Å². The van der Waals surface area contributed by atoms with Crippen LogP contribution in [0.5, 0.6) is 0 Å². The van der Waals surface area contributed by atoms with Crippen molar-refractivity contribution in [3.63, 3.8) is 0 Å². The van der Waals surface area contributed by atoms with Crippen molar-refractivity contribution in [3.8, 4) is 0 Å². The van der Waals surface area contributed by atoms with Crippen molar-refractivity contribution in [2.45, 2.75) is 62.3 Å². The number of hydrogen-bond acceptors (Lipinski definition) is 12. The van der Waals surface area contributed by atoms with Gasteiger partial charge in [0.1, 0.15) is 5.78 Å². The highest BCUT2D eigenvalue weighted by molar-refractivity contribution is 8.00. The number of unbranched alkanes of at least 4 members (excludes halogenated alkanes) is 2. The second-order valence-corrected chi connectivity index (χ2v) is 12.8. The van der Waals surface area contributed by atoms with E-state index in [1.807, 2.05) is 11.8 Å². The van der Waals surface area contributed by atoms with Crippen LogP contribution in [-0.2, 0) is 42.1 Å². The molecule has 0 aromatic rings. The zero-order chi connectivity index (χ0) is 29.8. The molecule has 15 heteroatoms. The first-order valence-corrected chi connectivity index (χ1v) is 16.9. The summed E-state index contributed by atoms with van der Waals surface area (Å²) in [4.78, 5) is 34.8. The van der Waals surface area contributed by atoms with Gasteiger partial charge < -0.3 is 48.3 Å². The number of hydrogen-bond donors (Lipinski definition) is 2. The second-order valence-electron chi connectivity index (χ2n) is 10.0. The van der Waals surface area contributed by atoms with Gasteiger partial charge in [-0.3, -0.25) is 9.36 Å². The van der Waals surface area contributed by atoms with Gasteiger partial charge in [-0.1, -0.05) is 6.42 Å². The van der Waals surface area contributed by atoms with Crippen molar-refractivity contribution < 1.29 is 51.8 Å². The van der Waals surface area contributed by atoms with E-state index >= 15 is 0 Å². The number of carbonyl (C=O) groups excluding carboxylic acids is 2. The average molecular weight is 628 g/mol. The number of fused-ring (bicyclic) bond motifs is 1. The third-order valence-corrected chi connectivity index (χ3v) is 9.11. The molecule has 2 N–H and O–H groups in total. The molecular formula is C26H48N2O11PS-. The number of carbonyl (C=O) groups is 2. The molecule has 5 atom stereocenters. The number of urea groups is 1. The minimum Gasteiger partial charge on any atom is -0.756 e. The normalized spacial score (nSPS) is 22.2. The Morgan fingerprint density at radius 3 is 2.20 bits per heavy atom. The van der Waals surface area contributed by atoms with Gasteiger partial charge in [-0.2, -0.15) is 11.8 Å². The van der Waals surface area contributed by atoms with Crippen molar-refractivity contribution in [3.05, 3.63) is 0 Å². The van der Waals surface area contributed by atoms with Crippen LogP contribution in [0.3, 0.4) is 0 Å². The molecule has 5 unspecified atom stereocenters. The van der Waals surface area contributed by atoms with Crippen molar-refractivity contribution >= 4 is 31.4 Å². The number of rotatable bonds is 27. The van der Waals surface area contributed by atoms with Gasteiger partial charge in [-0.05, 0) is 25.7 Å². The molecule has 2 amide bonds. The van der Waals surface area contributed by atoms with E-state index in [0.717, 1.165) is 45.0 Å². The van der Waals surface area contributed by atoms with Crippen LogP contribution in [0.25, 0.3) is 0 Å². The summed E-state index contributed by atoms with van der Waals surface area (Å²) < 4.78 is 47.3. The number of nitrogens with one attached hydrogen (secondary N) is 2. The van der Waals surface area contributed by atoms with Crippen LogP contribution in [0, 0.1) is 5.92 Å². The van der Waals surface area contributed by atoms with Gasteiger partial charge in [0.2, 0.25) is 0 Å². The summed E-state index contributed by atoms with van der Waals surface area (Å²) in [6, 6.07) is 0.438. The topological polar surface area (TPSA) is 163 Å². The van der Waals surface area contributed by atoms with Gasteiger partial charge in [0.25, 0.3) is 7.82 Å². The lowest BCUT2D eigenvalue weighted by Crippen LogP contribution is -2.36. The minimum absolute atomic E-state index is 0.0545. The maximum absolute atomic E-state index is 12.1. The third-order valence-electron chi connectivity index (χ3n) is 6.69. The van der Waals surface area contributed by atoms with E-state index in [-0.39, 0.29) is 37.2 Å². The van der Waals surface area contributed by atoms with Crippen LogP contribution in [0.4, 0.5) is 4.79 Å². The van der Waals surface area contributed by atoms with E-state index in [9.17, 15) is 19.0 Å². The smallest absolute Gasteiger partial charge is 0.315 e. The third kappa shape index (κ3) is 16.6. The van der Waals surface area contributed by atoms with Crippen LogP contribution in [-0.4, -0.2) is 115 Å². The van der Waals surface area contributed by atoms with Gasteiger partial charge in [0.15, 0.2) is 0 Å². The first-order valence-electron chi connectivity index (χ1n) is 14.4. The van der Waals surface area contributed by atoms with Crippen molar-refractivity contribution in [2.24, 2.45) is 5.92 Å². The summed E-state index contributed by atoms with van der Waals surface area (Å²) in [5.41, 5.74) is 0. The fraction of sp³-hybridized carbons (Fsp3) is 0.923. The molecule has 0 aromatic heterocycles. The van der Waals surface area contributed by atoms with Crippen LogP contribution in [0.15, 0.2) is 0 Å². The molecule has 2 saturated heterocycles. The Morgan fingerprint density at radius 2 is 1.54 bits per heavy atom. The lowest BCUT2D eigenvalue weighted by atomic mass is 10.0. The maximum Gasteiger partial charge on any atom is 0.315 e. The number of phosphoric acid groups is 1. The molecule has 0 aliphatic carbocycles. The fourth-order valence-electron chi connectivity index (χ4n) is 4.50. The molecule has 2 rings (SSSR count). The Morgan fingerprint density at radius 1 is 0.902 bits per heavy atom. The summed E-state index contributed by atoms with van der Waals surface area (Å²) in [6.07, 6.45) is 5.88. The molecule has 41 heavy (non-hydrogen) atoms. The van der Waals surface area contributed by atoms with Gasteiger partial charge in [-0.25, -0.2) is 4.79 Å². The summed E-state index contributed by atoms with van der Waals surface area (Å²) in [6.45, 7) is 3.67. The number of methoxy groups -OCH3 is 1. The molecule has 0 aromatic carbocycles. The van der Waals surface area contributed by atoms with Crippen LogP contribution in [0.2, 0.25) is 0 Å². The lowest BCUT2D eigenvalue weighted by Gasteiger charge is -2.23. The number of amides is 2. The van der Waals surface area contributed by atoms with Crippen molar-refractivity contribution in [2.75, 3.05) is 86.0 Å². The summed E-state index contributed by atoms with van der Waals surface area (Å²) in [5.74, 6) is 1.04. The zero-order valence-electron chi connectivity index (χ0n) is 24.4. The highest BCUT2D eigenvalue weighted by atomic mass is 32.2. The molecular weight excluding hydrogens is 579 g/mol. The van der Waals surface area contributed by atoms with Gasteiger partial charge in [0, 0.05) is 50.6 Å². The van der Waals surface area contributed by atoms with Crippen molar-refractivity contribution in [1.29, 1.82) is 0 Å². The Kier molecular flexibility index (Phi) is 19.4. The quantitative estimate of drug-likeness (QED) is 0.0774. The molecule has 2 aliphatic rings. The SMILES string of the molecule is COCC(COCCOCCOCCOCCCCC(=O)CCCCC1SCC2NC(=O)NC21)COP(=O)([O-])OC. The monoisotopic (exact) mass is 627 g/mol. The van der Waals surface area contributed by atoms with E-state index in [2.05, 4.69) is 15.2 Å². The first-order chi connectivity index (χ1) is 19.8. The zero-order valence-corrected chi connectivity index (χ0v) is 26.1. The molecule has 2 heterocycles. The minimum atomic E-state index is -4.27. The lowest BCUT2D eigenvalue weighted by molar-refractivity contribution is -0.224. The van der Waals surface area contributed by atoms with E-state index in [1.165, 1.54) is 7.11 Å². The van der Waals surface area contributed by atoms with Gasteiger partial charge in [0.05, 0.1) is 71.5 Å². The molecule has 0 bridgehead atoms. The Bertz CT molecular complexity index is 782. The largest absolute Gasteiger partial charge is 0.756 e. The van der Waals surface area contributed by atoms with Crippen LogP contribution in [0.1, 0.15) is 44.9 Å². The highest BCUT2D eigenvalue weighted by Crippen LogP contribution is 2.37.